The summed E-state index contributed by atoms with van der Waals surface area (Å²) in [5.74, 6) is 0.362. The minimum Gasteiger partial charge on any atom is -0.480 e. The van der Waals surface area contributed by atoms with Crippen molar-refractivity contribution in [1.82, 2.24) is 25.2 Å². The van der Waals surface area contributed by atoms with Crippen LogP contribution in [0, 0.1) is 0 Å². The fraction of sp³-hybridized carbons (Fsp3) is 0.368. The minimum atomic E-state index is -0.231. The number of aromatic nitrogens is 3. The fourth-order valence-electron chi connectivity index (χ4n) is 2.96. The minimum absolute atomic E-state index is 0.00519. The van der Waals surface area contributed by atoms with Crippen LogP contribution in [-0.2, 0) is 4.79 Å². The number of nitrogens with zero attached hydrogens (tertiary/aromatic N) is 3. The number of carbonyl (C=O) groups excluding carboxylic acids is 1. The number of methoxy groups -OCH3 is 1. The molecule has 2 aromatic heterocycles. The molecule has 1 aliphatic rings. The molecule has 1 fully saturated rings. The zero-order valence-electron chi connectivity index (χ0n) is 16.1. The van der Waals surface area contributed by atoms with Crippen LogP contribution in [0.1, 0.15) is 6.92 Å². The molecule has 2 aromatic rings. The van der Waals surface area contributed by atoms with E-state index in [1.165, 1.54) is 13.3 Å². The van der Waals surface area contributed by atoms with Crippen LogP contribution in [0.15, 0.2) is 41.6 Å². The summed E-state index contributed by atoms with van der Waals surface area (Å²) in [6.45, 7) is 3.13. The van der Waals surface area contributed by atoms with Crippen LogP contribution in [0.25, 0.3) is 11.3 Å². The summed E-state index contributed by atoms with van der Waals surface area (Å²) in [7, 11) is 3.34. The lowest BCUT2D eigenvalue weighted by Gasteiger charge is -2.46. The number of aromatic amines is 1. The predicted octanol–water partition coefficient (Wildman–Crippen LogP) is 0.627. The molecular formula is C19H24N6O3. The van der Waals surface area contributed by atoms with E-state index in [2.05, 4.69) is 25.6 Å². The SMILES string of the molecule is CNC/C=C/C(=O)N1CC(Nc2cc(-c3cncc(OC)n3)c[nH]c2=O)C1C. The molecule has 1 aliphatic heterocycles. The number of likely N-dealkylation sites (N-methyl/N-ethyl adjacent to an activating group) is 1. The largest absolute Gasteiger partial charge is 0.480 e. The first-order valence-electron chi connectivity index (χ1n) is 9.01. The van der Waals surface area contributed by atoms with E-state index in [9.17, 15) is 9.59 Å². The second kappa shape index (κ2) is 8.66. The average Bonchev–Trinajstić information content (AvgIpc) is 2.71. The van der Waals surface area contributed by atoms with Gasteiger partial charge in [-0.05, 0) is 20.0 Å². The number of carbonyl (C=O) groups is 1. The van der Waals surface area contributed by atoms with Crippen molar-refractivity contribution in [1.29, 1.82) is 0 Å². The van der Waals surface area contributed by atoms with Crippen LogP contribution >= 0.6 is 0 Å². The van der Waals surface area contributed by atoms with Gasteiger partial charge in [-0.2, -0.15) is 0 Å². The second-order valence-electron chi connectivity index (χ2n) is 6.52. The number of hydrogen-bond donors (Lipinski definition) is 3. The molecule has 0 aliphatic carbocycles. The van der Waals surface area contributed by atoms with Crippen LogP contribution in [0.3, 0.4) is 0 Å². The van der Waals surface area contributed by atoms with Crippen molar-refractivity contribution in [3.63, 3.8) is 0 Å². The number of anilines is 1. The third-order valence-electron chi connectivity index (χ3n) is 4.69. The molecule has 9 nitrogen and oxygen atoms in total. The highest BCUT2D eigenvalue weighted by Gasteiger charge is 2.38. The topological polar surface area (TPSA) is 112 Å². The Labute approximate surface area is 162 Å². The van der Waals surface area contributed by atoms with Crippen molar-refractivity contribution in [2.24, 2.45) is 0 Å². The first-order chi connectivity index (χ1) is 13.5. The van der Waals surface area contributed by atoms with E-state index in [0.29, 0.717) is 35.9 Å². The van der Waals surface area contributed by atoms with Gasteiger partial charge in [0.2, 0.25) is 11.8 Å². The van der Waals surface area contributed by atoms with Crippen molar-refractivity contribution < 1.29 is 9.53 Å². The second-order valence-corrected chi connectivity index (χ2v) is 6.52. The van der Waals surface area contributed by atoms with Gasteiger partial charge in [0.05, 0.1) is 37.3 Å². The smallest absolute Gasteiger partial charge is 0.271 e. The lowest BCUT2D eigenvalue weighted by atomic mass is 9.97. The van der Waals surface area contributed by atoms with E-state index >= 15 is 0 Å². The Morgan fingerprint density at radius 1 is 1.46 bits per heavy atom. The number of pyridine rings is 1. The zero-order chi connectivity index (χ0) is 20.1. The van der Waals surface area contributed by atoms with E-state index in [4.69, 9.17) is 4.74 Å². The molecule has 9 heteroatoms. The maximum absolute atomic E-state index is 12.2. The van der Waals surface area contributed by atoms with Gasteiger partial charge in [-0.3, -0.25) is 14.6 Å². The normalized spacial score (nSPS) is 18.8. The number of likely N-dealkylation sites (tertiary alicyclic amines) is 1. The zero-order valence-corrected chi connectivity index (χ0v) is 16.1. The molecule has 0 spiro atoms. The van der Waals surface area contributed by atoms with Gasteiger partial charge in [-0.15, -0.1) is 0 Å². The monoisotopic (exact) mass is 384 g/mol. The highest BCUT2D eigenvalue weighted by Crippen LogP contribution is 2.24. The maximum Gasteiger partial charge on any atom is 0.271 e. The Kier molecular flexibility index (Phi) is 6.05. The van der Waals surface area contributed by atoms with Crippen LogP contribution in [0.5, 0.6) is 5.88 Å². The van der Waals surface area contributed by atoms with Gasteiger partial charge < -0.3 is 25.3 Å². The molecule has 3 rings (SSSR count). The number of rotatable bonds is 7. The Morgan fingerprint density at radius 2 is 2.29 bits per heavy atom. The van der Waals surface area contributed by atoms with E-state index < -0.39 is 0 Å². The number of hydrogen-bond acceptors (Lipinski definition) is 7. The molecule has 3 heterocycles. The van der Waals surface area contributed by atoms with Gasteiger partial charge in [-0.1, -0.05) is 6.08 Å². The molecule has 3 N–H and O–H groups in total. The molecule has 2 atom stereocenters. The lowest BCUT2D eigenvalue weighted by Crippen LogP contribution is -2.63. The molecule has 1 amide bonds. The first-order valence-corrected chi connectivity index (χ1v) is 9.01. The quantitative estimate of drug-likeness (QED) is 0.600. The molecule has 2 unspecified atom stereocenters. The summed E-state index contributed by atoms with van der Waals surface area (Å²) in [4.78, 5) is 37.3. The van der Waals surface area contributed by atoms with Gasteiger partial charge in [-0.25, -0.2) is 4.98 Å². The van der Waals surface area contributed by atoms with Crippen LogP contribution in [-0.4, -0.2) is 65.1 Å². The summed E-state index contributed by atoms with van der Waals surface area (Å²) in [6.07, 6.45) is 8.06. The van der Waals surface area contributed by atoms with E-state index in [1.807, 2.05) is 14.0 Å². The van der Waals surface area contributed by atoms with Crippen LogP contribution in [0.4, 0.5) is 5.69 Å². The lowest BCUT2D eigenvalue weighted by molar-refractivity contribution is -0.133. The summed E-state index contributed by atoms with van der Waals surface area (Å²) in [5.41, 5.74) is 1.50. The molecule has 0 aromatic carbocycles. The van der Waals surface area contributed by atoms with Gasteiger partial charge in [0, 0.05) is 30.9 Å². The van der Waals surface area contributed by atoms with E-state index in [0.717, 1.165) is 0 Å². The fourth-order valence-corrected chi connectivity index (χ4v) is 2.96. The summed E-state index contributed by atoms with van der Waals surface area (Å²) >= 11 is 0. The molecule has 28 heavy (non-hydrogen) atoms. The van der Waals surface area contributed by atoms with Gasteiger partial charge in [0.1, 0.15) is 5.69 Å². The number of amides is 1. The average molecular weight is 384 g/mol. The van der Waals surface area contributed by atoms with Gasteiger partial charge in [0.15, 0.2) is 0 Å². The molecule has 148 valence electrons. The van der Waals surface area contributed by atoms with Crippen molar-refractivity contribution in [2.45, 2.75) is 19.0 Å². The Bertz CT molecular complexity index is 926. The molecule has 0 bridgehead atoms. The van der Waals surface area contributed by atoms with Crippen molar-refractivity contribution in [2.75, 3.05) is 32.6 Å². The third kappa shape index (κ3) is 4.20. The van der Waals surface area contributed by atoms with Crippen molar-refractivity contribution in [3.8, 4) is 17.1 Å². The van der Waals surface area contributed by atoms with Crippen LogP contribution < -0.4 is 20.9 Å². The standard InChI is InChI=1S/C19H24N6O3/c1-12-16(11-25(12)18(26)5-4-6-20-2)23-14-7-13(8-22-19(14)27)15-9-21-10-17(24-15)28-3/h4-5,7-10,12,16,20,23H,6,11H2,1-3H3,(H,22,27)/b5-4+. The van der Waals surface area contributed by atoms with Crippen molar-refractivity contribution >= 4 is 11.6 Å². The third-order valence-corrected chi connectivity index (χ3v) is 4.69. The first kappa shape index (κ1) is 19.6. The molecule has 0 radical (unpaired) electrons. The van der Waals surface area contributed by atoms with Gasteiger partial charge in [0.25, 0.3) is 5.56 Å². The Morgan fingerprint density at radius 3 is 3.00 bits per heavy atom. The summed E-state index contributed by atoms with van der Waals surface area (Å²) in [6, 6.07) is 1.70. The van der Waals surface area contributed by atoms with E-state index in [1.54, 1.807) is 35.5 Å². The van der Waals surface area contributed by atoms with Crippen molar-refractivity contribution in [3.05, 3.63) is 47.2 Å². The summed E-state index contributed by atoms with van der Waals surface area (Å²) < 4.78 is 5.10. The molecule has 0 saturated carbocycles. The number of H-pyrrole nitrogens is 1. The van der Waals surface area contributed by atoms with Crippen LogP contribution in [0.2, 0.25) is 0 Å². The Balaban J connectivity index is 1.70. The Hall–Kier alpha value is -3.20. The van der Waals surface area contributed by atoms with E-state index in [-0.39, 0.29) is 23.6 Å². The molecule has 1 saturated heterocycles. The number of nitrogens with one attached hydrogen (secondary N) is 3. The number of ether oxygens (including phenoxy) is 1. The highest BCUT2D eigenvalue weighted by atomic mass is 16.5. The summed E-state index contributed by atoms with van der Waals surface area (Å²) in [5, 5.41) is 6.19. The molecular weight excluding hydrogens is 360 g/mol. The highest BCUT2D eigenvalue weighted by molar-refractivity contribution is 5.88. The predicted molar refractivity (Wildman–Crippen MR) is 106 cm³/mol. The van der Waals surface area contributed by atoms with Gasteiger partial charge >= 0.3 is 0 Å². The maximum atomic E-state index is 12.2.